The average molecular weight is 284 g/mol. The second-order valence-corrected chi connectivity index (χ2v) is 5.76. The van der Waals surface area contributed by atoms with Gasteiger partial charge in [0.05, 0.1) is 9.90 Å². The highest BCUT2D eigenvalue weighted by molar-refractivity contribution is 7.14. The lowest BCUT2D eigenvalue weighted by Gasteiger charge is -2.10. The zero-order valence-corrected chi connectivity index (χ0v) is 11.9. The Morgan fingerprint density at radius 1 is 1.33 bits per heavy atom. The third-order valence-corrected chi connectivity index (χ3v) is 4.02. The Morgan fingerprint density at radius 3 is 2.72 bits per heavy atom. The molecule has 0 aliphatic heterocycles. The van der Waals surface area contributed by atoms with Crippen LogP contribution in [0.3, 0.4) is 0 Å². The van der Waals surface area contributed by atoms with Gasteiger partial charge in [-0.15, -0.1) is 11.3 Å². The predicted octanol–water partition coefficient (Wildman–Crippen LogP) is 4.71. The Labute approximate surface area is 116 Å². The van der Waals surface area contributed by atoms with E-state index in [0.29, 0.717) is 18.2 Å². The van der Waals surface area contributed by atoms with E-state index in [2.05, 4.69) is 5.32 Å². The third kappa shape index (κ3) is 3.10. The molecule has 0 fully saturated rings. The lowest BCUT2D eigenvalue weighted by atomic mass is 10.1. The minimum absolute atomic E-state index is 0.181. The van der Waals surface area contributed by atoms with Crippen LogP contribution in [0.1, 0.15) is 19.4 Å². The highest BCUT2D eigenvalue weighted by Gasteiger charge is 2.09. The number of hydrogen-bond acceptors (Lipinski definition) is 2. The molecule has 18 heavy (non-hydrogen) atoms. The van der Waals surface area contributed by atoms with E-state index in [0.717, 1.165) is 15.5 Å². The van der Waals surface area contributed by atoms with Crippen molar-refractivity contribution in [2.75, 3.05) is 0 Å². The number of hydrogen-bond donors (Lipinski definition) is 1. The van der Waals surface area contributed by atoms with E-state index >= 15 is 0 Å². The van der Waals surface area contributed by atoms with Crippen molar-refractivity contribution in [3.8, 4) is 10.4 Å². The molecule has 4 heteroatoms. The van der Waals surface area contributed by atoms with Crippen molar-refractivity contribution in [1.29, 1.82) is 0 Å². The fourth-order valence-electron chi connectivity index (χ4n) is 1.67. The monoisotopic (exact) mass is 283 g/mol. The zero-order chi connectivity index (χ0) is 13.1. The Hall–Kier alpha value is -0.900. The van der Waals surface area contributed by atoms with Gasteiger partial charge in [-0.3, -0.25) is 0 Å². The SMILES string of the molecule is CC(C)NCc1cc(-c2sccc2Cl)ccc1F. The molecule has 1 heterocycles. The van der Waals surface area contributed by atoms with Gasteiger partial charge in [0.15, 0.2) is 0 Å². The molecule has 2 rings (SSSR count). The van der Waals surface area contributed by atoms with Crippen LogP contribution in [-0.4, -0.2) is 6.04 Å². The lowest BCUT2D eigenvalue weighted by molar-refractivity contribution is 0.553. The van der Waals surface area contributed by atoms with Gasteiger partial charge in [-0.05, 0) is 29.1 Å². The first-order valence-corrected chi connectivity index (χ1v) is 7.09. The van der Waals surface area contributed by atoms with Gasteiger partial charge in [-0.2, -0.15) is 0 Å². The molecular formula is C14H15ClFNS. The zero-order valence-electron chi connectivity index (χ0n) is 10.3. The largest absolute Gasteiger partial charge is 0.310 e. The van der Waals surface area contributed by atoms with Gasteiger partial charge in [0.25, 0.3) is 0 Å². The second-order valence-electron chi connectivity index (χ2n) is 4.44. The van der Waals surface area contributed by atoms with Crippen LogP contribution in [0.4, 0.5) is 4.39 Å². The van der Waals surface area contributed by atoms with Crippen LogP contribution in [0.15, 0.2) is 29.6 Å². The molecule has 0 bridgehead atoms. The predicted molar refractivity (Wildman–Crippen MR) is 76.7 cm³/mol. The molecule has 1 N–H and O–H groups in total. The first-order chi connectivity index (χ1) is 8.58. The van der Waals surface area contributed by atoms with Gasteiger partial charge < -0.3 is 5.32 Å². The Balaban J connectivity index is 2.29. The Kier molecular flexibility index (Phi) is 4.38. The summed E-state index contributed by atoms with van der Waals surface area (Å²) in [5.41, 5.74) is 1.64. The van der Waals surface area contributed by atoms with Crippen LogP contribution in [0.25, 0.3) is 10.4 Å². The summed E-state index contributed by atoms with van der Waals surface area (Å²) < 4.78 is 13.7. The molecule has 0 aliphatic rings. The standard InChI is InChI=1S/C14H15ClFNS/c1-9(2)17-8-11-7-10(3-4-13(11)16)14-12(15)5-6-18-14/h3-7,9,17H,8H2,1-2H3. The van der Waals surface area contributed by atoms with Crippen LogP contribution in [0, 0.1) is 5.82 Å². The Morgan fingerprint density at radius 2 is 2.11 bits per heavy atom. The summed E-state index contributed by atoms with van der Waals surface area (Å²) in [6.45, 7) is 4.61. The minimum atomic E-state index is -0.181. The van der Waals surface area contributed by atoms with Gasteiger partial charge in [-0.25, -0.2) is 4.39 Å². The van der Waals surface area contributed by atoms with Gasteiger partial charge in [0.2, 0.25) is 0 Å². The van der Waals surface area contributed by atoms with Crippen LogP contribution in [0.2, 0.25) is 5.02 Å². The number of nitrogens with one attached hydrogen (secondary N) is 1. The fraction of sp³-hybridized carbons (Fsp3) is 0.286. The number of halogens is 2. The molecule has 2 aromatic rings. The fourth-order valence-corrected chi connectivity index (χ4v) is 2.83. The number of rotatable bonds is 4. The van der Waals surface area contributed by atoms with Gasteiger partial charge in [0.1, 0.15) is 5.82 Å². The molecule has 0 aliphatic carbocycles. The van der Waals surface area contributed by atoms with Crippen LogP contribution in [0.5, 0.6) is 0 Å². The molecule has 0 saturated carbocycles. The molecule has 1 aromatic heterocycles. The lowest BCUT2D eigenvalue weighted by Crippen LogP contribution is -2.22. The van der Waals surface area contributed by atoms with Crippen molar-refractivity contribution in [1.82, 2.24) is 5.32 Å². The maximum Gasteiger partial charge on any atom is 0.127 e. The van der Waals surface area contributed by atoms with Crippen LogP contribution < -0.4 is 5.32 Å². The normalized spacial score (nSPS) is 11.2. The summed E-state index contributed by atoms with van der Waals surface area (Å²) in [7, 11) is 0. The van der Waals surface area contributed by atoms with E-state index in [-0.39, 0.29) is 5.82 Å². The van der Waals surface area contributed by atoms with Crippen LogP contribution in [-0.2, 0) is 6.54 Å². The minimum Gasteiger partial charge on any atom is -0.310 e. The summed E-state index contributed by atoms with van der Waals surface area (Å²) in [5, 5.41) is 5.87. The van der Waals surface area contributed by atoms with E-state index in [4.69, 9.17) is 11.6 Å². The molecule has 0 unspecified atom stereocenters. The van der Waals surface area contributed by atoms with Crippen molar-refractivity contribution < 1.29 is 4.39 Å². The molecule has 0 spiro atoms. The molecule has 0 atom stereocenters. The summed E-state index contributed by atoms with van der Waals surface area (Å²) in [6.07, 6.45) is 0. The third-order valence-electron chi connectivity index (χ3n) is 2.63. The summed E-state index contributed by atoms with van der Waals surface area (Å²) in [6, 6.07) is 7.33. The first kappa shape index (κ1) is 13.5. The Bertz CT molecular complexity index is 536. The molecular weight excluding hydrogens is 269 g/mol. The molecule has 0 saturated heterocycles. The van der Waals surface area contributed by atoms with Gasteiger partial charge in [0, 0.05) is 18.2 Å². The smallest absolute Gasteiger partial charge is 0.127 e. The summed E-state index contributed by atoms with van der Waals surface area (Å²) in [5.74, 6) is -0.181. The summed E-state index contributed by atoms with van der Waals surface area (Å²) >= 11 is 7.66. The van der Waals surface area contributed by atoms with Crippen molar-refractivity contribution in [3.63, 3.8) is 0 Å². The molecule has 1 aromatic carbocycles. The van der Waals surface area contributed by atoms with E-state index in [1.54, 1.807) is 17.4 Å². The second kappa shape index (κ2) is 5.83. The highest BCUT2D eigenvalue weighted by atomic mass is 35.5. The van der Waals surface area contributed by atoms with Crippen molar-refractivity contribution in [2.24, 2.45) is 0 Å². The number of thiophene rings is 1. The maximum atomic E-state index is 13.7. The first-order valence-electron chi connectivity index (χ1n) is 5.83. The molecule has 1 nitrogen and oxygen atoms in total. The van der Waals surface area contributed by atoms with Crippen molar-refractivity contribution in [3.05, 3.63) is 46.0 Å². The highest BCUT2D eigenvalue weighted by Crippen LogP contribution is 2.33. The van der Waals surface area contributed by atoms with E-state index in [1.807, 2.05) is 31.4 Å². The van der Waals surface area contributed by atoms with Crippen LogP contribution >= 0.6 is 22.9 Å². The molecule has 96 valence electrons. The average Bonchev–Trinajstić information content (AvgIpc) is 2.74. The van der Waals surface area contributed by atoms with E-state index in [1.165, 1.54) is 6.07 Å². The molecule has 0 amide bonds. The topological polar surface area (TPSA) is 12.0 Å². The van der Waals surface area contributed by atoms with E-state index in [9.17, 15) is 4.39 Å². The van der Waals surface area contributed by atoms with Crippen molar-refractivity contribution in [2.45, 2.75) is 26.4 Å². The maximum absolute atomic E-state index is 13.7. The van der Waals surface area contributed by atoms with E-state index < -0.39 is 0 Å². The number of benzene rings is 1. The summed E-state index contributed by atoms with van der Waals surface area (Å²) in [4.78, 5) is 0.988. The quantitative estimate of drug-likeness (QED) is 0.857. The van der Waals surface area contributed by atoms with Gasteiger partial charge in [-0.1, -0.05) is 31.5 Å². The van der Waals surface area contributed by atoms with Gasteiger partial charge >= 0.3 is 0 Å². The van der Waals surface area contributed by atoms with Crippen molar-refractivity contribution >= 4 is 22.9 Å². The molecule has 0 radical (unpaired) electrons.